The number of hydrogen-bond donors (Lipinski definition) is 1. The maximum atomic E-state index is 5.79. The number of thioether (sulfide) groups is 1. The number of hydrogen-bond acceptors (Lipinski definition) is 2. The fourth-order valence-corrected chi connectivity index (χ4v) is 3.45. The zero-order chi connectivity index (χ0) is 11.7. The third-order valence-electron chi connectivity index (χ3n) is 3.11. The van der Waals surface area contributed by atoms with E-state index in [1.807, 2.05) is 23.9 Å². The first-order valence-electron chi connectivity index (χ1n) is 5.90. The van der Waals surface area contributed by atoms with Crippen molar-refractivity contribution in [3.8, 4) is 0 Å². The van der Waals surface area contributed by atoms with E-state index < -0.39 is 0 Å². The van der Waals surface area contributed by atoms with E-state index in [0.29, 0.717) is 0 Å². The van der Waals surface area contributed by atoms with Crippen molar-refractivity contribution in [3.63, 3.8) is 0 Å². The Morgan fingerprint density at radius 3 is 2.59 bits per heavy atom. The average Bonchev–Trinajstić information content (AvgIpc) is 3.10. The highest BCUT2D eigenvalue weighted by Gasteiger charge is 2.38. The van der Waals surface area contributed by atoms with E-state index >= 15 is 0 Å². The molecule has 0 radical (unpaired) electrons. The average molecular weight is 241 g/mol. The summed E-state index contributed by atoms with van der Waals surface area (Å²) < 4.78 is 0. The fraction of sp³-hybridized carbons (Fsp3) is 0.200. The molecule has 2 unspecified atom stereocenters. The van der Waals surface area contributed by atoms with E-state index in [1.165, 1.54) is 16.9 Å². The fourth-order valence-electron chi connectivity index (χ4n) is 2.12. The molecule has 2 aromatic rings. The van der Waals surface area contributed by atoms with Crippen LogP contribution in [0.4, 0.5) is 5.69 Å². The molecule has 0 saturated heterocycles. The second kappa shape index (κ2) is 4.46. The maximum absolute atomic E-state index is 5.79. The van der Waals surface area contributed by atoms with Crippen LogP contribution < -0.4 is 5.73 Å². The maximum Gasteiger partial charge on any atom is 0.0325 e. The van der Waals surface area contributed by atoms with Crippen molar-refractivity contribution in [1.29, 1.82) is 0 Å². The minimum atomic E-state index is 0.721. The van der Waals surface area contributed by atoms with Gasteiger partial charge in [-0.05, 0) is 36.1 Å². The SMILES string of the molecule is Nc1cccc(SC2CC2c2ccccc2)c1. The Labute approximate surface area is 106 Å². The van der Waals surface area contributed by atoms with Crippen molar-refractivity contribution in [1.82, 2.24) is 0 Å². The molecular weight excluding hydrogens is 226 g/mol. The Morgan fingerprint density at radius 1 is 1.00 bits per heavy atom. The molecule has 1 fully saturated rings. The van der Waals surface area contributed by atoms with Gasteiger partial charge in [0.25, 0.3) is 0 Å². The third-order valence-corrected chi connectivity index (χ3v) is 4.46. The van der Waals surface area contributed by atoms with Crippen LogP contribution in [0.1, 0.15) is 17.9 Å². The molecule has 0 bridgehead atoms. The molecule has 1 saturated carbocycles. The molecular formula is C15H15NS. The standard InChI is InChI=1S/C15H15NS/c16-12-7-4-8-13(9-12)17-15-10-14(15)11-5-2-1-3-6-11/h1-9,14-15H,10,16H2. The Bertz CT molecular complexity index is 509. The first kappa shape index (κ1) is 10.7. The molecule has 1 aliphatic rings. The highest BCUT2D eigenvalue weighted by Crippen LogP contribution is 2.51. The Kier molecular flexibility index (Phi) is 2.81. The van der Waals surface area contributed by atoms with Crippen LogP contribution >= 0.6 is 11.8 Å². The molecule has 86 valence electrons. The van der Waals surface area contributed by atoms with E-state index in [9.17, 15) is 0 Å². The number of rotatable bonds is 3. The van der Waals surface area contributed by atoms with Crippen LogP contribution in [-0.4, -0.2) is 5.25 Å². The van der Waals surface area contributed by atoms with Gasteiger partial charge < -0.3 is 5.73 Å². The van der Waals surface area contributed by atoms with E-state index in [2.05, 4.69) is 42.5 Å². The number of benzene rings is 2. The number of nitrogen functional groups attached to an aromatic ring is 1. The van der Waals surface area contributed by atoms with E-state index in [4.69, 9.17) is 5.73 Å². The molecule has 0 aliphatic heterocycles. The molecule has 2 aromatic carbocycles. The quantitative estimate of drug-likeness (QED) is 0.824. The van der Waals surface area contributed by atoms with Gasteiger partial charge in [0.1, 0.15) is 0 Å². The van der Waals surface area contributed by atoms with Crippen molar-refractivity contribution < 1.29 is 0 Å². The van der Waals surface area contributed by atoms with Gasteiger partial charge >= 0.3 is 0 Å². The summed E-state index contributed by atoms with van der Waals surface area (Å²) >= 11 is 1.95. The molecule has 0 spiro atoms. The van der Waals surface area contributed by atoms with Crippen LogP contribution in [-0.2, 0) is 0 Å². The molecule has 2 N–H and O–H groups in total. The third kappa shape index (κ3) is 2.47. The Morgan fingerprint density at radius 2 is 1.82 bits per heavy atom. The van der Waals surface area contributed by atoms with Crippen molar-refractivity contribution >= 4 is 17.4 Å². The molecule has 1 nitrogen and oxygen atoms in total. The van der Waals surface area contributed by atoms with Gasteiger partial charge in [-0.1, -0.05) is 36.4 Å². The lowest BCUT2D eigenvalue weighted by Gasteiger charge is -2.02. The highest BCUT2D eigenvalue weighted by atomic mass is 32.2. The first-order chi connectivity index (χ1) is 8.33. The monoisotopic (exact) mass is 241 g/mol. The second-order valence-electron chi connectivity index (χ2n) is 4.48. The summed E-state index contributed by atoms with van der Waals surface area (Å²) in [5, 5.41) is 0.721. The minimum Gasteiger partial charge on any atom is -0.399 e. The largest absolute Gasteiger partial charge is 0.399 e. The summed E-state index contributed by atoms with van der Waals surface area (Å²) in [5.41, 5.74) is 8.11. The van der Waals surface area contributed by atoms with Gasteiger partial charge in [0.15, 0.2) is 0 Å². The summed E-state index contributed by atoms with van der Waals surface area (Å²) in [5.74, 6) is 0.725. The number of nitrogens with two attached hydrogens (primary N) is 1. The van der Waals surface area contributed by atoms with Gasteiger partial charge in [-0.15, -0.1) is 11.8 Å². The van der Waals surface area contributed by atoms with Crippen molar-refractivity contribution in [2.75, 3.05) is 5.73 Å². The normalized spacial score (nSPS) is 22.4. The zero-order valence-electron chi connectivity index (χ0n) is 9.54. The van der Waals surface area contributed by atoms with Crippen LogP contribution in [0.2, 0.25) is 0 Å². The van der Waals surface area contributed by atoms with E-state index in [0.717, 1.165) is 16.9 Å². The highest BCUT2D eigenvalue weighted by molar-refractivity contribution is 8.00. The van der Waals surface area contributed by atoms with Crippen LogP contribution in [0.15, 0.2) is 59.5 Å². The molecule has 2 heteroatoms. The van der Waals surface area contributed by atoms with E-state index in [1.54, 1.807) is 0 Å². The van der Waals surface area contributed by atoms with Crippen LogP contribution in [0, 0.1) is 0 Å². The predicted octanol–water partition coefficient (Wildman–Crippen LogP) is 3.92. The molecule has 1 aliphatic carbocycles. The van der Waals surface area contributed by atoms with Crippen molar-refractivity contribution in [2.45, 2.75) is 22.5 Å². The molecule has 0 amide bonds. The summed E-state index contributed by atoms with van der Waals surface area (Å²) in [7, 11) is 0. The molecule has 0 heterocycles. The number of anilines is 1. The second-order valence-corrected chi connectivity index (χ2v) is 5.79. The smallest absolute Gasteiger partial charge is 0.0325 e. The van der Waals surface area contributed by atoms with Gasteiger partial charge in [0, 0.05) is 15.8 Å². The van der Waals surface area contributed by atoms with Crippen LogP contribution in [0.25, 0.3) is 0 Å². The summed E-state index contributed by atoms with van der Waals surface area (Å²) in [6.45, 7) is 0. The molecule has 3 rings (SSSR count). The lowest BCUT2D eigenvalue weighted by Crippen LogP contribution is -1.86. The first-order valence-corrected chi connectivity index (χ1v) is 6.78. The van der Waals surface area contributed by atoms with Crippen LogP contribution in [0.3, 0.4) is 0 Å². The van der Waals surface area contributed by atoms with E-state index in [-0.39, 0.29) is 0 Å². The lowest BCUT2D eigenvalue weighted by molar-refractivity contribution is 1.13. The van der Waals surface area contributed by atoms with Gasteiger partial charge in [0.05, 0.1) is 0 Å². The topological polar surface area (TPSA) is 26.0 Å². The Balaban J connectivity index is 1.66. The van der Waals surface area contributed by atoms with Gasteiger partial charge in [-0.25, -0.2) is 0 Å². The summed E-state index contributed by atoms with van der Waals surface area (Å²) in [6, 6.07) is 18.9. The van der Waals surface area contributed by atoms with Crippen molar-refractivity contribution in [2.24, 2.45) is 0 Å². The lowest BCUT2D eigenvalue weighted by atomic mass is 10.1. The molecule has 2 atom stereocenters. The summed E-state index contributed by atoms with van der Waals surface area (Å²) in [4.78, 5) is 1.29. The van der Waals surface area contributed by atoms with Crippen LogP contribution in [0.5, 0.6) is 0 Å². The van der Waals surface area contributed by atoms with Gasteiger partial charge in [-0.2, -0.15) is 0 Å². The molecule has 0 aromatic heterocycles. The van der Waals surface area contributed by atoms with Crippen molar-refractivity contribution in [3.05, 3.63) is 60.2 Å². The summed E-state index contributed by atoms with van der Waals surface area (Å²) in [6.07, 6.45) is 1.28. The predicted molar refractivity (Wildman–Crippen MR) is 74.3 cm³/mol. The zero-order valence-corrected chi connectivity index (χ0v) is 10.4. The van der Waals surface area contributed by atoms with Gasteiger partial charge in [0.2, 0.25) is 0 Å². The molecule has 17 heavy (non-hydrogen) atoms. The Hall–Kier alpha value is -1.41. The minimum absolute atomic E-state index is 0.721. The van der Waals surface area contributed by atoms with Gasteiger partial charge in [-0.3, -0.25) is 0 Å².